The van der Waals surface area contributed by atoms with Crippen LogP contribution in [0.1, 0.15) is 24.3 Å². The highest BCUT2D eigenvalue weighted by atomic mass is 16.6. The first-order valence-corrected chi connectivity index (χ1v) is 5.48. The summed E-state index contributed by atoms with van der Waals surface area (Å²) in [5.41, 5.74) is 2.01. The van der Waals surface area contributed by atoms with Crippen LogP contribution in [0.5, 0.6) is 0 Å². The van der Waals surface area contributed by atoms with Crippen LogP contribution < -0.4 is 0 Å². The lowest BCUT2D eigenvalue weighted by molar-refractivity contribution is -0.146. The van der Waals surface area contributed by atoms with Crippen molar-refractivity contribution in [1.82, 2.24) is 0 Å². The summed E-state index contributed by atoms with van der Waals surface area (Å²) in [6, 6.07) is 12.1. The summed E-state index contributed by atoms with van der Waals surface area (Å²) in [6.45, 7) is 1.40. The number of nitrogens with zero attached hydrogens (tertiary/aromatic N) is 1. The molecular weight excluding hydrogens is 214 g/mol. The average Bonchev–Trinajstić information content (AvgIpc) is 2.72. The first-order chi connectivity index (χ1) is 8.25. The van der Waals surface area contributed by atoms with Crippen molar-refractivity contribution in [2.45, 2.75) is 13.2 Å². The van der Waals surface area contributed by atoms with E-state index in [9.17, 15) is 4.79 Å². The van der Waals surface area contributed by atoms with Crippen LogP contribution >= 0.6 is 0 Å². The summed E-state index contributed by atoms with van der Waals surface area (Å²) in [6.07, 6.45) is 1.27. The molecule has 0 aromatic heterocycles. The van der Waals surface area contributed by atoms with Gasteiger partial charge in [-0.3, -0.25) is 4.79 Å². The Morgan fingerprint density at radius 3 is 2.88 bits per heavy atom. The van der Waals surface area contributed by atoms with Crippen LogP contribution in [0.15, 0.2) is 41.4 Å². The minimum atomic E-state index is -0.492. The minimum Gasteiger partial charge on any atom is -0.435 e. The predicted octanol–water partition coefficient (Wildman–Crippen LogP) is 2.83. The van der Waals surface area contributed by atoms with E-state index in [0.717, 1.165) is 21.9 Å². The maximum atomic E-state index is 11.0. The number of carbonyl (C=O) groups is 1. The zero-order chi connectivity index (χ0) is 11.8. The summed E-state index contributed by atoms with van der Waals surface area (Å²) in [4.78, 5) is 15.3. The van der Waals surface area contributed by atoms with Gasteiger partial charge in [0.05, 0.1) is 0 Å². The monoisotopic (exact) mass is 225 g/mol. The number of carbonyl (C=O) groups excluding carboxylic acids is 1. The zero-order valence-electron chi connectivity index (χ0n) is 9.38. The van der Waals surface area contributed by atoms with Crippen LogP contribution in [0.3, 0.4) is 0 Å². The maximum Gasteiger partial charge on any atom is 0.304 e. The van der Waals surface area contributed by atoms with Gasteiger partial charge >= 0.3 is 5.97 Å². The molecule has 1 aliphatic heterocycles. The molecule has 0 bridgehead atoms. The molecule has 2 aromatic carbocycles. The third-order valence-electron chi connectivity index (χ3n) is 2.88. The Balaban J connectivity index is 2.19. The molecule has 17 heavy (non-hydrogen) atoms. The lowest BCUT2D eigenvalue weighted by atomic mass is 10.00. The van der Waals surface area contributed by atoms with Gasteiger partial charge in [-0.25, -0.2) is 4.99 Å². The molecule has 0 amide bonds. The fourth-order valence-corrected chi connectivity index (χ4v) is 2.17. The maximum absolute atomic E-state index is 11.0. The third kappa shape index (κ3) is 1.60. The predicted molar refractivity (Wildman–Crippen MR) is 66.0 cm³/mol. The zero-order valence-corrected chi connectivity index (χ0v) is 9.38. The summed E-state index contributed by atoms with van der Waals surface area (Å²) < 4.78 is 5.21. The second kappa shape index (κ2) is 3.70. The number of rotatable bonds is 1. The molecule has 0 radical (unpaired) electrons. The second-order valence-electron chi connectivity index (χ2n) is 4.03. The highest BCUT2D eigenvalue weighted by Crippen LogP contribution is 2.34. The van der Waals surface area contributed by atoms with Gasteiger partial charge in [-0.1, -0.05) is 36.4 Å². The molecule has 1 atom stereocenters. The van der Waals surface area contributed by atoms with E-state index >= 15 is 0 Å². The van der Waals surface area contributed by atoms with Crippen molar-refractivity contribution >= 4 is 23.0 Å². The molecule has 0 aliphatic carbocycles. The lowest BCUT2D eigenvalue weighted by Crippen LogP contribution is -2.05. The number of hydrogen-bond donors (Lipinski definition) is 0. The molecule has 1 aliphatic rings. The molecule has 1 heterocycles. The van der Waals surface area contributed by atoms with E-state index < -0.39 is 6.23 Å². The molecule has 0 saturated carbocycles. The molecular formula is C14H11NO2. The van der Waals surface area contributed by atoms with E-state index in [4.69, 9.17) is 4.74 Å². The smallest absolute Gasteiger partial charge is 0.304 e. The van der Waals surface area contributed by atoms with Gasteiger partial charge in [0.2, 0.25) is 6.23 Å². The first-order valence-electron chi connectivity index (χ1n) is 5.48. The van der Waals surface area contributed by atoms with Gasteiger partial charge in [0, 0.05) is 24.3 Å². The van der Waals surface area contributed by atoms with Gasteiger partial charge in [-0.2, -0.15) is 0 Å². The number of esters is 1. The molecule has 3 rings (SSSR count). The van der Waals surface area contributed by atoms with Gasteiger partial charge in [-0.15, -0.1) is 0 Å². The lowest BCUT2D eigenvalue weighted by Gasteiger charge is -2.12. The van der Waals surface area contributed by atoms with E-state index in [2.05, 4.69) is 11.1 Å². The molecule has 2 aromatic rings. The molecule has 84 valence electrons. The number of fused-ring (bicyclic) bond motifs is 3. The van der Waals surface area contributed by atoms with E-state index in [1.54, 1.807) is 6.21 Å². The number of benzene rings is 2. The Hall–Kier alpha value is -2.16. The molecule has 3 heteroatoms. The quantitative estimate of drug-likeness (QED) is 0.700. The van der Waals surface area contributed by atoms with Crippen molar-refractivity contribution in [3.05, 3.63) is 47.5 Å². The molecule has 0 saturated heterocycles. The number of hydrogen-bond acceptors (Lipinski definition) is 3. The highest BCUT2D eigenvalue weighted by molar-refractivity contribution is 5.97. The van der Waals surface area contributed by atoms with Crippen molar-refractivity contribution < 1.29 is 9.53 Å². The van der Waals surface area contributed by atoms with Crippen molar-refractivity contribution in [3.63, 3.8) is 0 Å². The second-order valence-corrected chi connectivity index (χ2v) is 4.03. The Morgan fingerprint density at radius 1 is 1.24 bits per heavy atom. The highest BCUT2D eigenvalue weighted by Gasteiger charge is 2.23. The normalized spacial score (nSPS) is 17.1. The van der Waals surface area contributed by atoms with Gasteiger partial charge in [0.25, 0.3) is 0 Å². The van der Waals surface area contributed by atoms with E-state index in [0.29, 0.717) is 0 Å². The van der Waals surface area contributed by atoms with E-state index in [1.807, 2.05) is 30.3 Å². The molecule has 0 spiro atoms. The first kappa shape index (κ1) is 10.0. The van der Waals surface area contributed by atoms with Crippen LogP contribution in [0.25, 0.3) is 10.8 Å². The van der Waals surface area contributed by atoms with Crippen molar-refractivity contribution in [1.29, 1.82) is 0 Å². The van der Waals surface area contributed by atoms with E-state index in [-0.39, 0.29) is 5.97 Å². The SMILES string of the molecule is CC(=O)OC1N=Cc2ccc3ccccc3c21. The molecule has 3 nitrogen and oxygen atoms in total. The van der Waals surface area contributed by atoms with Gasteiger partial charge in [0.1, 0.15) is 0 Å². The topological polar surface area (TPSA) is 38.7 Å². The standard InChI is InChI=1S/C14H11NO2/c1-9(16)17-14-13-11(8-15-14)7-6-10-4-2-3-5-12(10)13/h2-8,14H,1H3. The fraction of sp³-hybridized carbons (Fsp3) is 0.143. The Morgan fingerprint density at radius 2 is 2.06 bits per heavy atom. The summed E-state index contributed by atoms with van der Waals surface area (Å²) in [5, 5.41) is 2.22. The van der Waals surface area contributed by atoms with E-state index in [1.165, 1.54) is 6.92 Å². The van der Waals surface area contributed by atoms with Crippen LogP contribution in [0, 0.1) is 0 Å². The molecule has 1 unspecified atom stereocenters. The Labute approximate surface area is 98.7 Å². The third-order valence-corrected chi connectivity index (χ3v) is 2.88. The van der Waals surface area contributed by atoms with Crippen LogP contribution in [-0.2, 0) is 9.53 Å². The van der Waals surface area contributed by atoms with Crippen molar-refractivity contribution in [3.8, 4) is 0 Å². The largest absolute Gasteiger partial charge is 0.435 e. The number of ether oxygens (including phenoxy) is 1. The minimum absolute atomic E-state index is 0.312. The van der Waals surface area contributed by atoms with Crippen LogP contribution in [0.2, 0.25) is 0 Å². The van der Waals surface area contributed by atoms with Crippen molar-refractivity contribution in [2.24, 2.45) is 4.99 Å². The summed E-state index contributed by atoms with van der Waals surface area (Å²) in [7, 11) is 0. The van der Waals surface area contributed by atoms with Crippen LogP contribution in [-0.4, -0.2) is 12.2 Å². The Kier molecular flexibility index (Phi) is 2.18. The van der Waals surface area contributed by atoms with Gasteiger partial charge in [0.15, 0.2) is 0 Å². The molecule has 0 fully saturated rings. The summed E-state index contributed by atoms with van der Waals surface area (Å²) in [5.74, 6) is -0.312. The average molecular weight is 225 g/mol. The van der Waals surface area contributed by atoms with Gasteiger partial charge < -0.3 is 4.74 Å². The number of aliphatic imine (C=N–C) groups is 1. The molecule has 0 N–H and O–H groups in total. The fourth-order valence-electron chi connectivity index (χ4n) is 2.17. The van der Waals surface area contributed by atoms with Gasteiger partial charge in [-0.05, 0) is 10.8 Å². The van der Waals surface area contributed by atoms with Crippen LogP contribution in [0.4, 0.5) is 0 Å². The Bertz CT molecular complexity index is 631. The van der Waals surface area contributed by atoms with Crippen molar-refractivity contribution in [2.75, 3.05) is 0 Å². The summed E-state index contributed by atoms with van der Waals surface area (Å²) >= 11 is 0.